The van der Waals surface area contributed by atoms with Crippen LogP contribution < -0.4 is 5.32 Å². The Morgan fingerprint density at radius 3 is 2.76 bits per heavy atom. The summed E-state index contributed by atoms with van der Waals surface area (Å²) < 4.78 is 1.04. The van der Waals surface area contributed by atoms with Gasteiger partial charge in [-0.1, -0.05) is 12.8 Å². The number of carbonyl (C=O) groups is 2. The van der Waals surface area contributed by atoms with Crippen LogP contribution in [0.3, 0.4) is 0 Å². The van der Waals surface area contributed by atoms with E-state index in [0.717, 1.165) is 35.0 Å². The molecule has 1 saturated heterocycles. The molecule has 1 spiro atoms. The molecule has 0 aromatic carbocycles. The van der Waals surface area contributed by atoms with E-state index in [1.165, 1.54) is 0 Å². The fourth-order valence-electron chi connectivity index (χ4n) is 3.37. The molecule has 1 unspecified atom stereocenters. The zero-order chi connectivity index (χ0) is 15.0. The summed E-state index contributed by atoms with van der Waals surface area (Å²) in [5, 5.41) is 5.04. The third kappa shape index (κ3) is 2.88. The van der Waals surface area contributed by atoms with Crippen LogP contribution in [0.5, 0.6) is 0 Å². The number of carbonyl (C=O) groups excluding carboxylic acids is 2. The molecule has 1 N–H and O–H groups in total. The first-order valence-electron chi connectivity index (χ1n) is 7.35. The highest BCUT2D eigenvalue weighted by molar-refractivity contribution is 9.10. The Balaban J connectivity index is 1.88. The Kier molecular flexibility index (Phi) is 4.10. The minimum absolute atomic E-state index is 0.00705. The molecule has 1 saturated carbocycles. The first kappa shape index (κ1) is 15.0. The quantitative estimate of drug-likeness (QED) is 0.869. The first-order valence-corrected chi connectivity index (χ1v) is 9.02. The minimum Gasteiger partial charge on any atom is -0.342 e. The van der Waals surface area contributed by atoms with Crippen molar-refractivity contribution in [2.24, 2.45) is 0 Å². The van der Waals surface area contributed by atoms with Crippen LogP contribution in [0.25, 0.3) is 0 Å². The van der Waals surface area contributed by atoms with Crippen molar-refractivity contribution >= 4 is 39.1 Å². The van der Waals surface area contributed by atoms with E-state index in [1.807, 2.05) is 23.3 Å². The molecule has 21 heavy (non-hydrogen) atoms. The van der Waals surface area contributed by atoms with E-state index in [0.29, 0.717) is 13.0 Å². The summed E-state index contributed by atoms with van der Waals surface area (Å²) in [5.74, 6) is 0.107. The average Bonchev–Trinajstić information content (AvgIpc) is 3.03. The molecule has 1 aromatic rings. The van der Waals surface area contributed by atoms with Crippen molar-refractivity contribution in [2.75, 3.05) is 0 Å². The average molecular weight is 371 g/mol. The van der Waals surface area contributed by atoms with Crippen molar-refractivity contribution in [2.45, 2.75) is 57.2 Å². The van der Waals surface area contributed by atoms with Crippen molar-refractivity contribution < 1.29 is 9.59 Å². The number of hydrogen-bond donors (Lipinski definition) is 1. The van der Waals surface area contributed by atoms with Gasteiger partial charge in [-0.2, -0.15) is 0 Å². The van der Waals surface area contributed by atoms with Gasteiger partial charge >= 0.3 is 0 Å². The Labute approximate surface area is 137 Å². The maximum Gasteiger partial charge on any atom is 0.248 e. The standard InChI is InChI=1S/C15H19BrN2O2S/c1-10-6-13(19)17-15(4-2-3-5-15)14(20)18(10)8-12-7-11(16)9-21-12/h7,9-10H,2-6,8H2,1H3,(H,17,19). The Bertz CT molecular complexity index is 566. The van der Waals surface area contributed by atoms with Crippen LogP contribution in [0, 0.1) is 0 Å². The SMILES string of the molecule is CC1CC(=O)NC2(CCCC2)C(=O)N1Cc1cc(Br)cs1. The van der Waals surface area contributed by atoms with Gasteiger partial charge in [0.25, 0.3) is 0 Å². The lowest BCUT2D eigenvalue weighted by atomic mass is 9.95. The van der Waals surface area contributed by atoms with E-state index in [2.05, 4.69) is 21.2 Å². The van der Waals surface area contributed by atoms with Crippen molar-refractivity contribution in [1.29, 1.82) is 0 Å². The number of rotatable bonds is 2. The minimum atomic E-state index is -0.643. The van der Waals surface area contributed by atoms with E-state index in [9.17, 15) is 9.59 Å². The van der Waals surface area contributed by atoms with Gasteiger partial charge in [0, 0.05) is 27.2 Å². The number of nitrogens with one attached hydrogen (secondary N) is 1. The third-order valence-corrected chi connectivity index (χ3v) is 6.15. The second-order valence-corrected chi connectivity index (χ2v) is 7.97. The Hall–Kier alpha value is -0.880. The topological polar surface area (TPSA) is 49.4 Å². The molecule has 1 aliphatic carbocycles. The van der Waals surface area contributed by atoms with Crippen LogP contribution in [-0.4, -0.2) is 28.3 Å². The zero-order valence-corrected chi connectivity index (χ0v) is 14.4. The zero-order valence-electron chi connectivity index (χ0n) is 12.0. The molecule has 114 valence electrons. The molecule has 1 aromatic heterocycles. The molecule has 1 atom stereocenters. The number of hydrogen-bond acceptors (Lipinski definition) is 3. The summed E-state index contributed by atoms with van der Waals surface area (Å²) >= 11 is 5.09. The van der Waals surface area contributed by atoms with E-state index in [-0.39, 0.29) is 17.9 Å². The first-order chi connectivity index (χ1) is 10.00. The molecule has 3 rings (SSSR count). The molecule has 6 heteroatoms. The monoisotopic (exact) mass is 370 g/mol. The second-order valence-electron chi connectivity index (χ2n) is 6.05. The molecule has 0 radical (unpaired) electrons. The molecular weight excluding hydrogens is 352 g/mol. The maximum absolute atomic E-state index is 13.0. The lowest BCUT2D eigenvalue weighted by Crippen LogP contribution is -2.55. The summed E-state index contributed by atoms with van der Waals surface area (Å²) in [4.78, 5) is 28.2. The summed E-state index contributed by atoms with van der Waals surface area (Å²) in [7, 11) is 0. The Morgan fingerprint density at radius 1 is 1.43 bits per heavy atom. The van der Waals surface area contributed by atoms with Crippen LogP contribution in [0.15, 0.2) is 15.9 Å². The van der Waals surface area contributed by atoms with Gasteiger partial charge in [-0.25, -0.2) is 0 Å². The Morgan fingerprint density at radius 2 is 2.14 bits per heavy atom. The van der Waals surface area contributed by atoms with Gasteiger partial charge in [-0.3, -0.25) is 9.59 Å². The number of nitrogens with zero attached hydrogens (tertiary/aromatic N) is 1. The van der Waals surface area contributed by atoms with Crippen molar-refractivity contribution in [3.63, 3.8) is 0 Å². The van der Waals surface area contributed by atoms with Gasteiger partial charge in [-0.15, -0.1) is 11.3 Å². The van der Waals surface area contributed by atoms with Crippen molar-refractivity contribution in [3.05, 3.63) is 20.8 Å². The lowest BCUT2D eigenvalue weighted by molar-refractivity contribution is -0.140. The highest BCUT2D eigenvalue weighted by Crippen LogP contribution is 2.35. The van der Waals surface area contributed by atoms with Crippen LogP contribution in [0.1, 0.15) is 43.9 Å². The fraction of sp³-hybridized carbons (Fsp3) is 0.600. The third-order valence-electron chi connectivity index (χ3n) is 4.47. The molecule has 2 amide bonds. The van der Waals surface area contributed by atoms with Gasteiger partial charge in [0.1, 0.15) is 5.54 Å². The van der Waals surface area contributed by atoms with Crippen LogP contribution in [0.2, 0.25) is 0 Å². The summed E-state index contributed by atoms with van der Waals surface area (Å²) in [6.45, 7) is 2.56. The van der Waals surface area contributed by atoms with Crippen LogP contribution in [0.4, 0.5) is 0 Å². The summed E-state index contributed by atoms with van der Waals surface area (Å²) in [6, 6.07) is 1.99. The number of amides is 2. The van der Waals surface area contributed by atoms with Gasteiger partial charge in [0.15, 0.2) is 0 Å². The summed E-state index contributed by atoms with van der Waals surface area (Å²) in [5.41, 5.74) is -0.643. The molecule has 0 bridgehead atoms. The molecule has 2 aliphatic rings. The van der Waals surface area contributed by atoms with Crippen LogP contribution in [-0.2, 0) is 16.1 Å². The fourth-order valence-corrected chi connectivity index (χ4v) is 4.82. The molecule has 2 fully saturated rings. The van der Waals surface area contributed by atoms with Gasteiger partial charge < -0.3 is 10.2 Å². The summed E-state index contributed by atoms with van der Waals surface area (Å²) in [6.07, 6.45) is 3.96. The van der Waals surface area contributed by atoms with Crippen LogP contribution >= 0.6 is 27.3 Å². The second kappa shape index (κ2) is 5.72. The molecular formula is C15H19BrN2O2S. The predicted molar refractivity (Wildman–Crippen MR) is 86.0 cm³/mol. The number of halogens is 1. The van der Waals surface area contributed by atoms with Gasteiger partial charge in [-0.05, 0) is 41.8 Å². The predicted octanol–water partition coefficient (Wildman–Crippen LogP) is 3.06. The molecule has 1 aliphatic heterocycles. The maximum atomic E-state index is 13.0. The largest absolute Gasteiger partial charge is 0.342 e. The van der Waals surface area contributed by atoms with E-state index in [1.54, 1.807) is 11.3 Å². The smallest absolute Gasteiger partial charge is 0.248 e. The molecule has 4 nitrogen and oxygen atoms in total. The number of thiophene rings is 1. The van der Waals surface area contributed by atoms with E-state index in [4.69, 9.17) is 0 Å². The lowest BCUT2D eigenvalue weighted by Gasteiger charge is -2.33. The van der Waals surface area contributed by atoms with E-state index < -0.39 is 5.54 Å². The van der Waals surface area contributed by atoms with Gasteiger partial charge in [0.2, 0.25) is 11.8 Å². The normalized spacial score (nSPS) is 25.2. The molecule has 2 heterocycles. The highest BCUT2D eigenvalue weighted by Gasteiger charge is 2.48. The van der Waals surface area contributed by atoms with Crippen molar-refractivity contribution in [1.82, 2.24) is 10.2 Å². The van der Waals surface area contributed by atoms with E-state index >= 15 is 0 Å². The van der Waals surface area contributed by atoms with Crippen molar-refractivity contribution in [3.8, 4) is 0 Å². The van der Waals surface area contributed by atoms with Gasteiger partial charge in [0.05, 0.1) is 6.54 Å². The highest BCUT2D eigenvalue weighted by atomic mass is 79.9.